The number of rotatable bonds is 11. The Bertz CT molecular complexity index is 1100. The van der Waals surface area contributed by atoms with E-state index in [9.17, 15) is 9.90 Å². The normalized spacial score (nSPS) is 21.3. The predicted octanol–water partition coefficient (Wildman–Crippen LogP) is 9.78. The molecule has 0 unspecified atom stereocenters. The second-order valence-corrected chi connectivity index (χ2v) is 26.8. The van der Waals surface area contributed by atoms with Crippen LogP contribution in [0.2, 0.25) is 36.3 Å². The van der Waals surface area contributed by atoms with E-state index in [4.69, 9.17) is 13.6 Å². The molecule has 0 saturated carbocycles. The van der Waals surface area contributed by atoms with Crippen LogP contribution in [0, 0.1) is 35.5 Å². The molecule has 0 saturated heterocycles. The zero-order valence-electron chi connectivity index (χ0n) is 32.3. The molecule has 1 N–H and O–H groups in total. The Morgan fingerprint density at radius 3 is 1.89 bits per heavy atom. The van der Waals surface area contributed by atoms with E-state index >= 15 is 0 Å². The number of carbonyl (C=O) groups excluding carboxylic acids is 1. The molecule has 1 aliphatic rings. The molecule has 1 aliphatic carbocycles. The summed E-state index contributed by atoms with van der Waals surface area (Å²) in [5.41, 5.74) is 1.72. The van der Waals surface area contributed by atoms with Crippen molar-refractivity contribution in [2.45, 2.75) is 158 Å². The third-order valence-corrected chi connectivity index (χ3v) is 19.6. The standard InChI is InChI=1S/C37H69NO5Si2/c1-25(2)30-23-33(43-35(40)38(26(3)4)27(5)6)29(8)34(31(30)24-42-45(17,18)37(12,13)14)32(39)22-28(7)20-19-21-41-44(15,16)36(9,10)11/h22,25-27,30-32,34,39H,21,23-24H2,1-18H3/b28-22+/t30-,31-,32-,34+/m1/s1. The Kier molecular flexibility index (Phi) is 14.9. The highest BCUT2D eigenvalue weighted by Gasteiger charge is 2.45. The fourth-order valence-corrected chi connectivity index (χ4v) is 7.50. The molecule has 260 valence electrons. The topological polar surface area (TPSA) is 68.2 Å². The van der Waals surface area contributed by atoms with Gasteiger partial charge in [0, 0.05) is 31.0 Å². The molecule has 0 radical (unpaired) electrons. The minimum Gasteiger partial charge on any atom is -0.417 e. The van der Waals surface area contributed by atoms with Gasteiger partial charge in [-0.25, -0.2) is 4.79 Å². The van der Waals surface area contributed by atoms with Crippen molar-refractivity contribution in [2.24, 2.45) is 23.7 Å². The predicted molar refractivity (Wildman–Crippen MR) is 195 cm³/mol. The van der Waals surface area contributed by atoms with E-state index in [1.165, 1.54) is 0 Å². The molecule has 0 aromatic heterocycles. The van der Waals surface area contributed by atoms with Gasteiger partial charge in [0.05, 0.1) is 12.7 Å². The molecule has 0 fully saturated rings. The van der Waals surface area contributed by atoms with Crippen LogP contribution in [0.15, 0.2) is 23.0 Å². The third kappa shape index (κ3) is 11.4. The van der Waals surface area contributed by atoms with Crippen molar-refractivity contribution in [1.29, 1.82) is 0 Å². The van der Waals surface area contributed by atoms with Gasteiger partial charge in [-0.3, -0.25) is 0 Å². The van der Waals surface area contributed by atoms with Crippen LogP contribution in [-0.2, 0) is 13.6 Å². The fraction of sp³-hybridized carbons (Fsp3) is 0.811. The van der Waals surface area contributed by atoms with E-state index in [0.717, 1.165) is 11.1 Å². The number of carbonyl (C=O) groups is 1. The Hall–Kier alpha value is -1.38. The summed E-state index contributed by atoms with van der Waals surface area (Å²) in [7, 11) is -3.93. The molecule has 0 spiro atoms. The van der Waals surface area contributed by atoms with E-state index in [1.807, 2.05) is 47.6 Å². The monoisotopic (exact) mass is 663 g/mol. The van der Waals surface area contributed by atoms with Gasteiger partial charge < -0.3 is 23.6 Å². The second kappa shape index (κ2) is 16.1. The first-order valence-electron chi connectivity index (χ1n) is 17.1. The summed E-state index contributed by atoms with van der Waals surface area (Å²) in [6, 6.07) is 0.0274. The lowest BCUT2D eigenvalue weighted by Crippen LogP contribution is -2.47. The molecular weight excluding hydrogens is 595 g/mol. The van der Waals surface area contributed by atoms with Crippen LogP contribution in [0.25, 0.3) is 0 Å². The van der Waals surface area contributed by atoms with E-state index in [1.54, 1.807) is 4.90 Å². The number of amides is 1. The second-order valence-electron chi connectivity index (χ2n) is 17.1. The maximum atomic E-state index is 13.4. The van der Waals surface area contributed by atoms with Gasteiger partial charge >= 0.3 is 6.09 Å². The van der Waals surface area contributed by atoms with Gasteiger partial charge in [0.1, 0.15) is 5.76 Å². The fourth-order valence-electron chi connectivity index (χ4n) is 5.60. The van der Waals surface area contributed by atoms with Crippen molar-refractivity contribution in [1.82, 2.24) is 4.90 Å². The summed E-state index contributed by atoms with van der Waals surface area (Å²) in [6.45, 7) is 39.8. The van der Waals surface area contributed by atoms with Crippen LogP contribution in [-0.4, -0.2) is 64.1 Å². The summed E-state index contributed by atoms with van der Waals surface area (Å²) in [4.78, 5) is 15.2. The van der Waals surface area contributed by atoms with Gasteiger partial charge in [0.25, 0.3) is 0 Å². The molecule has 6 nitrogen and oxygen atoms in total. The highest BCUT2D eigenvalue weighted by Crippen LogP contribution is 2.46. The quantitative estimate of drug-likeness (QED) is 0.176. The van der Waals surface area contributed by atoms with E-state index in [-0.39, 0.29) is 46.0 Å². The van der Waals surface area contributed by atoms with Crippen LogP contribution < -0.4 is 0 Å². The van der Waals surface area contributed by atoms with Crippen molar-refractivity contribution >= 4 is 22.7 Å². The lowest BCUT2D eigenvalue weighted by atomic mass is 9.66. The summed E-state index contributed by atoms with van der Waals surface area (Å²) in [5.74, 6) is 7.33. The Balaban J connectivity index is 3.56. The smallest absolute Gasteiger partial charge is 0.415 e. The van der Waals surface area contributed by atoms with Crippen molar-refractivity contribution in [3.8, 4) is 11.8 Å². The Morgan fingerprint density at radius 1 is 0.956 bits per heavy atom. The average Bonchev–Trinajstić information content (AvgIpc) is 2.84. The van der Waals surface area contributed by atoms with Gasteiger partial charge in [-0.15, -0.1) is 0 Å². The Morgan fingerprint density at radius 2 is 1.44 bits per heavy atom. The van der Waals surface area contributed by atoms with Gasteiger partial charge in [-0.2, -0.15) is 0 Å². The summed E-state index contributed by atoms with van der Waals surface area (Å²) in [5, 5.41) is 12.1. The molecule has 1 rings (SSSR count). The first-order valence-corrected chi connectivity index (χ1v) is 22.9. The lowest BCUT2D eigenvalue weighted by molar-refractivity contribution is 0.0265. The first-order chi connectivity index (χ1) is 20.2. The minimum absolute atomic E-state index is 0.0137. The van der Waals surface area contributed by atoms with Gasteiger partial charge in [-0.05, 0) is 113 Å². The average molecular weight is 664 g/mol. The largest absolute Gasteiger partial charge is 0.417 e. The van der Waals surface area contributed by atoms with Crippen LogP contribution in [0.5, 0.6) is 0 Å². The number of aliphatic hydroxyl groups excluding tert-OH is 1. The molecule has 45 heavy (non-hydrogen) atoms. The SMILES string of the molecule is CC1=C(OC(=O)N(C(C)C)C(C)C)C[C@H](C(C)C)[C@@H](CO[Si](C)(C)C(C)(C)C)[C@H]1[C@H](O)/C=C(\C)C#CCO[Si](C)(C)C(C)(C)C. The highest BCUT2D eigenvalue weighted by atomic mass is 28.4. The number of hydrogen-bond acceptors (Lipinski definition) is 5. The summed E-state index contributed by atoms with van der Waals surface area (Å²) < 4.78 is 19.3. The number of hydrogen-bond donors (Lipinski definition) is 1. The van der Waals surface area contributed by atoms with Gasteiger partial charge in [0.15, 0.2) is 16.6 Å². The van der Waals surface area contributed by atoms with Crippen LogP contribution in [0.1, 0.15) is 103 Å². The molecule has 0 aromatic rings. The zero-order chi connectivity index (χ0) is 35.3. The van der Waals surface area contributed by atoms with Crippen molar-refractivity contribution in [3.63, 3.8) is 0 Å². The molecule has 0 aliphatic heterocycles. The molecule has 0 heterocycles. The van der Waals surface area contributed by atoms with Crippen molar-refractivity contribution in [3.05, 3.63) is 23.0 Å². The van der Waals surface area contributed by atoms with Crippen LogP contribution in [0.3, 0.4) is 0 Å². The Labute approximate surface area is 280 Å². The third-order valence-electron chi connectivity index (χ3n) is 10.6. The van der Waals surface area contributed by atoms with E-state index in [2.05, 4.69) is 93.4 Å². The molecule has 8 heteroatoms. The van der Waals surface area contributed by atoms with Gasteiger partial charge in [-0.1, -0.05) is 67.2 Å². The zero-order valence-corrected chi connectivity index (χ0v) is 34.3. The molecule has 0 bridgehead atoms. The minimum atomic E-state index is -2.04. The summed E-state index contributed by atoms with van der Waals surface area (Å²) >= 11 is 0. The van der Waals surface area contributed by atoms with E-state index in [0.29, 0.717) is 31.3 Å². The molecule has 0 aromatic carbocycles. The summed E-state index contributed by atoms with van der Waals surface area (Å²) in [6.07, 6.45) is 1.36. The molecule has 4 atom stereocenters. The lowest BCUT2D eigenvalue weighted by Gasteiger charge is -2.45. The maximum Gasteiger partial charge on any atom is 0.415 e. The number of aliphatic hydroxyl groups is 1. The number of allylic oxidation sites excluding steroid dienone is 2. The van der Waals surface area contributed by atoms with Crippen LogP contribution in [0.4, 0.5) is 4.79 Å². The van der Waals surface area contributed by atoms with E-state index < -0.39 is 22.7 Å². The number of nitrogens with zero attached hydrogens (tertiary/aromatic N) is 1. The molecular formula is C37H69NO5Si2. The first kappa shape index (κ1) is 41.6. The molecule has 1 amide bonds. The van der Waals surface area contributed by atoms with Crippen molar-refractivity contribution < 1.29 is 23.5 Å². The highest BCUT2D eigenvalue weighted by molar-refractivity contribution is 6.74. The van der Waals surface area contributed by atoms with Gasteiger partial charge in [0.2, 0.25) is 0 Å². The maximum absolute atomic E-state index is 13.4. The van der Waals surface area contributed by atoms with Crippen molar-refractivity contribution in [2.75, 3.05) is 13.2 Å². The van der Waals surface area contributed by atoms with Crippen LogP contribution >= 0.6 is 0 Å². The number of ether oxygens (including phenoxy) is 1.